The molecule has 10 heteroatoms. The monoisotopic (exact) mass is 438 g/mol. The fourth-order valence-electron chi connectivity index (χ4n) is 2.91. The minimum atomic E-state index is -0.312. The Morgan fingerprint density at radius 1 is 1.00 bits per heavy atom. The van der Waals surface area contributed by atoms with E-state index in [0.29, 0.717) is 33.0 Å². The van der Waals surface area contributed by atoms with Crippen molar-refractivity contribution in [2.45, 2.75) is 6.42 Å². The summed E-state index contributed by atoms with van der Waals surface area (Å²) in [6.45, 7) is 0.148. The molecule has 0 aliphatic carbocycles. The van der Waals surface area contributed by atoms with E-state index < -0.39 is 0 Å². The number of para-hydroxylation sites is 1. The lowest BCUT2D eigenvalue weighted by molar-refractivity contribution is -0.115. The molecule has 4 aromatic rings. The van der Waals surface area contributed by atoms with Gasteiger partial charge in [0, 0.05) is 10.9 Å². The van der Waals surface area contributed by atoms with Gasteiger partial charge in [-0.05, 0) is 30.3 Å². The fourth-order valence-corrected chi connectivity index (χ4v) is 4.49. The molecule has 8 nitrogen and oxygen atoms in total. The van der Waals surface area contributed by atoms with Crippen LogP contribution in [0.4, 0.5) is 10.3 Å². The highest BCUT2D eigenvalue weighted by Crippen LogP contribution is 2.32. The van der Waals surface area contributed by atoms with E-state index in [1.807, 2.05) is 24.3 Å². The molecule has 0 saturated carbocycles. The minimum absolute atomic E-state index is 0.0896. The third-order valence-electron chi connectivity index (χ3n) is 4.29. The Balaban J connectivity index is 1.20. The molecule has 150 valence electrons. The summed E-state index contributed by atoms with van der Waals surface area (Å²) in [6.07, 6.45) is 0.0896. The van der Waals surface area contributed by atoms with Crippen LogP contribution in [0.5, 0.6) is 11.5 Å². The molecule has 0 unspecified atom stereocenters. The van der Waals surface area contributed by atoms with Crippen LogP contribution in [0.3, 0.4) is 0 Å². The van der Waals surface area contributed by atoms with E-state index in [-0.39, 0.29) is 25.0 Å². The smallest absolute Gasteiger partial charge is 0.257 e. The molecule has 0 radical (unpaired) electrons. The molecule has 2 aromatic carbocycles. The first-order chi connectivity index (χ1) is 14.6. The van der Waals surface area contributed by atoms with Crippen LogP contribution in [0.15, 0.2) is 47.8 Å². The Hall–Kier alpha value is -3.50. The molecule has 0 spiro atoms. The number of nitrogens with one attached hydrogen (secondary N) is 2. The van der Waals surface area contributed by atoms with Gasteiger partial charge in [0.25, 0.3) is 5.91 Å². The number of thiazole rings is 2. The van der Waals surface area contributed by atoms with Gasteiger partial charge in [0.1, 0.15) is 0 Å². The Morgan fingerprint density at radius 3 is 2.77 bits per heavy atom. The Kier molecular flexibility index (Phi) is 4.77. The molecule has 0 atom stereocenters. The lowest BCUT2D eigenvalue weighted by Crippen LogP contribution is -2.15. The van der Waals surface area contributed by atoms with Crippen molar-refractivity contribution in [2.24, 2.45) is 0 Å². The van der Waals surface area contributed by atoms with Crippen LogP contribution in [0.1, 0.15) is 16.1 Å². The third kappa shape index (κ3) is 3.82. The van der Waals surface area contributed by atoms with E-state index in [0.717, 1.165) is 10.2 Å². The predicted molar refractivity (Wildman–Crippen MR) is 115 cm³/mol. The van der Waals surface area contributed by atoms with Crippen molar-refractivity contribution in [2.75, 3.05) is 17.4 Å². The van der Waals surface area contributed by atoms with Crippen LogP contribution in [-0.2, 0) is 11.2 Å². The number of nitrogens with zero attached hydrogens (tertiary/aromatic N) is 2. The lowest BCUT2D eigenvalue weighted by Gasteiger charge is -2.03. The van der Waals surface area contributed by atoms with Gasteiger partial charge in [-0.1, -0.05) is 23.5 Å². The fraction of sp³-hybridized carbons (Fsp3) is 0.100. The van der Waals surface area contributed by atoms with Crippen molar-refractivity contribution in [3.8, 4) is 11.5 Å². The van der Waals surface area contributed by atoms with Gasteiger partial charge in [-0.25, -0.2) is 9.97 Å². The number of rotatable bonds is 5. The number of ether oxygens (including phenoxy) is 2. The second-order valence-corrected chi connectivity index (χ2v) is 8.27. The number of anilines is 2. The van der Waals surface area contributed by atoms with E-state index >= 15 is 0 Å². The quantitative estimate of drug-likeness (QED) is 0.490. The van der Waals surface area contributed by atoms with E-state index in [4.69, 9.17) is 9.47 Å². The van der Waals surface area contributed by atoms with E-state index in [1.165, 1.54) is 22.7 Å². The van der Waals surface area contributed by atoms with Crippen molar-refractivity contribution >= 4 is 55.0 Å². The van der Waals surface area contributed by atoms with E-state index in [9.17, 15) is 9.59 Å². The summed E-state index contributed by atoms with van der Waals surface area (Å²) in [5.41, 5.74) is 1.85. The lowest BCUT2D eigenvalue weighted by atomic mass is 10.2. The van der Waals surface area contributed by atoms with Gasteiger partial charge in [0.05, 0.1) is 22.3 Å². The molecular formula is C20H14N4O4S2. The first-order valence-electron chi connectivity index (χ1n) is 8.95. The SMILES string of the molecule is O=C(Cc1csc(NC(=O)c2ccc3c(c2)OCO3)n1)Nc1nc2ccccc2s1. The molecule has 5 rings (SSSR count). The highest BCUT2D eigenvalue weighted by atomic mass is 32.1. The maximum Gasteiger partial charge on any atom is 0.257 e. The summed E-state index contributed by atoms with van der Waals surface area (Å²) in [6, 6.07) is 12.7. The standard InChI is InChI=1S/C20H14N4O4S2/c25-17(23-20-22-13-3-1-2-4-16(13)30-20)8-12-9-29-19(21-12)24-18(26)11-5-6-14-15(7-11)28-10-27-14/h1-7,9H,8,10H2,(H,21,24,26)(H,22,23,25). The van der Waals surface area contributed by atoms with Gasteiger partial charge in [-0.15, -0.1) is 11.3 Å². The van der Waals surface area contributed by atoms with Crippen molar-refractivity contribution in [3.05, 3.63) is 59.1 Å². The second kappa shape index (κ2) is 7.73. The summed E-state index contributed by atoms with van der Waals surface area (Å²) < 4.78 is 11.5. The maximum atomic E-state index is 12.4. The average molecular weight is 438 g/mol. The molecule has 2 N–H and O–H groups in total. The van der Waals surface area contributed by atoms with Crippen LogP contribution in [0.25, 0.3) is 10.2 Å². The van der Waals surface area contributed by atoms with Crippen molar-refractivity contribution in [3.63, 3.8) is 0 Å². The Morgan fingerprint density at radius 2 is 1.87 bits per heavy atom. The summed E-state index contributed by atoms with van der Waals surface area (Å²) in [7, 11) is 0. The summed E-state index contributed by atoms with van der Waals surface area (Å²) in [5, 5.41) is 8.25. The number of fused-ring (bicyclic) bond motifs is 2. The molecule has 3 heterocycles. The molecule has 2 aromatic heterocycles. The van der Waals surface area contributed by atoms with Crippen molar-refractivity contribution < 1.29 is 19.1 Å². The summed E-state index contributed by atoms with van der Waals surface area (Å²) in [4.78, 5) is 33.5. The van der Waals surface area contributed by atoms with Gasteiger partial charge in [0.15, 0.2) is 21.8 Å². The molecule has 1 aliphatic heterocycles. The zero-order valence-electron chi connectivity index (χ0n) is 15.4. The van der Waals surface area contributed by atoms with Crippen LogP contribution < -0.4 is 20.1 Å². The zero-order valence-corrected chi connectivity index (χ0v) is 17.0. The number of hydrogen-bond donors (Lipinski definition) is 2. The largest absolute Gasteiger partial charge is 0.454 e. The molecule has 0 bridgehead atoms. The highest BCUT2D eigenvalue weighted by Gasteiger charge is 2.17. The van der Waals surface area contributed by atoms with Crippen LogP contribution in [0, 0.1) is 0 Å². The first-order valence-corrected chi connectivity index (χ1v) is 10.6. The summed E-state index contributed by atoms with van der Waals surface area (Å²) >= 11 is 2.68. The van der Waals surface area contributed by atoms with Crippen LogP contribution in [-0.4, -0.2) is 28.6 Å². The van der Waals surface area contributed by atoms with Crippen LogP contribution >= 0.6 is 22.7 Å². The number of hydrogen-bond acceptors (Lipinski definition) is 8. The molecule has 30 heavy (non-hydrogen) atoms. The van der Waals surface area contributed by atoms with Crippen molar-refractivity contribution in [1.82, 2.24) is 9.97 Å². The number of benzene rings is 2. The highest BCUT2D eigenvalue weighted by molar-refractivity contribution is 7.22. The molecule has 2 amide bonds. The number of carbonyl (C=O) groups is 2. The van der Waals surface area contributed by atoms with E-state index in [2.05, 4.69) is 20.6 Å². The van der Waals surface area contributed by atoms with Gasteiger partial charge in [-0.3, -0.25) is 14.9 Å². The Labute approximate surface area is 178 Å². The van der Waals surface area contributed by atoms with Gasteiger partial charge in [-0.2, -0.15) is 0 Å². The molecular weight excluding hydrogens is 424 g/mol. The van der Waals surface area contributed by atoms with E-state index in [1.54, 1.807) is 23.6 Å². The normalized spacial score (nSPS) is 12.1. The van der Waals surface area contributed by atoms with Crippen molar-refractivity contribution in [1.29, 1.82) is 0 Å². The Bertz CT molecular complexity index is 1230. The minimum Gasteiger partial charge on any atom is -0.454 e. The maximum absolute atomic E-state index is 12.4. The number of amides is 2. The average Bonchev–Trinajstić information content (AvgIpc) is 3.46. The number of carbonyl (C=O) groups excluding carboxylic acids is 2. The molecule has 1 aliphatic rings. The first kappa shape index (κ1) is 18.5. The van der Waals surface area contributed by atoms with Crippen LogP contribution in [0.2, 0.25) is 0 Å². The summed E-state index contributed by atoms with van der Waals surface area (Å²) in [5.74, 6) is 0.623. The predicted octanol–water partition coefficient (Wildman–Crippen LogP) is 3.92. The van der Waals surface area contributed by atoms with Gasteiger partial charge < -0.3 is 14.8 Å². The van der Waals surface area contributed by atoms with Gasteiger partial charge in [0.2, 0.25) is 12.7 Å². The third-order valence-corrected chi connectivity index (χ3v) is 6.05. The molecule has 0 fully saturated rings. The second-order valence-electron chi connectivity index (χ2n) is 6.38. The topological polar surface area (TPSA) is 102 Å². The van der Waals surface area contributed by atoms with Gasteiger partial charge >= 0.3 is 0 Å². The zero-order chi connectivity index (χ0) is 20.5. The molecule has 0 saturated heterocycles. The number of aromatic nitrogens is 2.